The SMILES string of the molecule is Cc1cc2nc(C)c(=O)n(CC(=O)NC3CCCCC3)c2cc1C. The number of amides is 1. The Balaban J connectivity index is 1.92. The van der Waals surface area contributed by atoms with Crippen LogP contribution in [0.2, 0.25) is 0 Å². The lowest BCUT2D eigenvalue weighted by Gasteiger charge is -2.23. The summed E-state index contributed by atoms with van der Waals surface area (Å²) in [6.07, 6.45) is 5.66. The quantitative estimate of drug-likeness (QED) is 0.943. The van der Waals surface area contributed by atoms with Crippen LogP contribution >= 0.6 is 0 Å². The molecule has 1 amide bonds. The molecule has 1 fully saturated rings. The highest BCUT2D eigenvalue weighted by Gasteiger charge is 2.17. The van der Waals surface area contributed by atoms with Crippen LogP contribution in [0.5, 0.6) is 0 Å². The number of aromatic nitrogens is 2. The van der Waals surface area contributed by atoms with E-state index in [1.165, 1.54) is 19.3 Å². The summed E-state index contributed by atoms with van der Waals surface area (Å²) >= 11 is 0. The Morgan fingerprint density at radius 1 is 1.17 bits per heavy atom. The van der Waals surface area contributed by atoms with Crippen LogP contribution in [0, 0.1) is 20.8 Å². The number of benzene rings is 1. The monoisotopic (exact) mass is 327 g/mol. The van der Waals surface area contributed by atoms with E-state index in [4.69, 9.17) is 0 Å². The number of hydrogen-bond donors (Lipinski definition) is 1. The first kappa shape index (κ1) is 16.7. The van der Waals surface area contributed by atoms with E-state index in [1.54, 1.807) is 11.5 Å². The number of carbonyl (C=O) groups excluding carboxylic acids is 1. The van der Waals surface area contributed by atoms with Crippen molar-refractivity contribution in [3.8, 4) is 0 Å². The average molecular weight is 327 g/mol. The minimum Gasteiger partial charge on any atom is -0.352 e. The Kier molecular flexibility index (Phi) is 4.69. The highest BCUT2D eigenvalue weighted by Crippen LogP contribution is 2.18. The molecule has 5 heteroatoms. The molecule has 128 valence electrons. The lowest BCUT2D eigenvalue weighted by atomic mass is 9.95. The summed E-state index contributed by atoms with van der Waals surface area (Å²) in [5.74, 6) is -0.0888. The number of hydrogen-bond acceptors (Lipinski definition) is 3. The molecule has 1 aliphatic carbocycles. The van der Waals surface area contributed by atoms with Gasteiger partial charge in [-0.3, -0.25) is 14.2 Å². The number of aryl methyl sites for hydroxylation is 3. The first-order chi connectivity index (χ1) is 11.5. The van der Waals surface area contributed by atoms with E-state index in [2.05, 4.69) is 10.3 Å². The molecule has 0 saturated heterocycles. The Bertz CT molecular complexity index is 833. The molecule has 24 heavy (non-hydrogen) atoms. The first-order valence-electron chi connectivity index (χ1n) is 8.73. The number of rotatable bonds is 3. The second-order valence-corrected chi connectivity index (χ2v) is 6.92. The summed E-state index contributed by atoms with van der Waals surface area (Å²) in [5, 5.41) is 3.09. The van der Waals surface area contributed by atoms with Gasteiger partial charge in [-0.2, -0.15) is 0 Å². The molecule has 2 aromatic rings. The van der Waals surface area contributed by atoms with Crippen molar-refractivity contribution in [3.63, 3.8) is 0 Å². The Morgan fingerprint density at radius 3 is 2.54 bits per heavy atom. The second kappa shape index (κ2) is 6.75. The maximum atomic E-state index is 12.5. The number of fused-ring (bicyclic) bond motifs is 1. The van der Waals surface area contributed by atoms with Crippen LogP contribution in [0.4, 0.5) is 0 Å². The van der Waals surface area contributed by atoms with Crippen molar-refractivity contribution in [2.45, 2.75) is 65.5 Å². The Hall–Kier alpha value is -2.17. The fourth-order valence-corrected chi connectivity index (χ4v) is 3.45. The van der Waals surface area contributed by atoms with E-state index >= 15 is 0 Å². The fourth-order valence-electron chi connectivity index (χ4n) is 3.45. The van der Waals surface area contributed by atoms with Crippen molar-refractivity contribution in [2.24, 2.45) is 0 Å². The smallest absolute Gasteiger partial charge is 0.272 e. The van der Waals surface area contributed by atoms with Crippen molar-refractivity contribution in [2.75, 3.05) is 0 Å². The molecule has 0 radical (unpaired) electrons. The van der Waals surface area contributed by atoms with E-state index < -0.39 is 0 Å². The van der Waals surface area contributed by atoms with Gasteiger partial charge in [0.25, 0.3) is 5.56 Å². The molecule has 1 heterocycles. The predicted molar refractivity (Wildman–Crippen MR) is 95.2 cm³/mol. The molecule has 1 saturated carbocycles. The van der Waals surface area contributed by atoms with Gasteiger partial charge in [0.15, 0.2) is 0 Å². The van der Waals surface area contributed by atoms with Crippen molar-refractivity contribution in [1.29, 1.82) is 0 Å². The molecule has 0 atom stereocenters. The molecule has 0 spiro atoms. The van der Waals surface area contributed by atoms with Crippen LogP contribution < -0.4 is 10.9 Å². The molecule has 1 aromatic carbocycles. The minimum absolute atomic E-state index is 0.0533. The third kappa shape index (κ3) is 3.35. The molecule has 3 rings (SSSR count). The molecule has 0 aliphatic heterocycles. The van der Waals surface area contributed by atoms with Gasteiger partial charge in [0, 0.05) is 6.04 Å². The predicted octanol–water partition coefficient (Wildman–Crippen LogP) is 2.77. The average Bonchev–Trinajstić information content (AvgIpc) is 2.55. The largest absolute Gasteiger partial charge is 0.352 e. The van der Waals surface area contributed by atoms with E-state index in [1.807, 2.05) is 26.0 Å². The molecule has 0 bridgehead atoms. The number of carbonyl (C=O) groups is 1. The van der Waals surface area contributed by atoms with Crippen molar-refractivity contribution in [1.82, 2.24) is 14.9 Å². The molecular formula is C19H25N3O2. The molecule has 1 aliphatic rings. The third-order valence-corrected chi connectivity index (χ3v) is 5.00. The lowest BCUT2D eigenvalue weighted by Crippen LogP contribution is -2.40. The van der Waals surface area contributed by atoms with Gasteiger partial charge in [-0.25, -0.2) is 4.98 Å². The van der Waals surface area contributed by atoms with Gasteiger partial charge in [0.05, 0.1) is 11.0 Å². The lowest BCUT2D eigenvalue weighted by molar-refractivity contribution is -0.122. The van der Waals surface area contributed by atoms with Crippen LogP contribution in [0.25, 0.3) is 11.0 Å². The molecule has 1 aromatic heterocycles. The summed E-state index contributed by atoms with van der Waals surface area (Å²) in [6.45, 7) is 5.78. The van der Waals surface area contributed by atoms with E-state index in [-0.39, 0.29) is 24.1 Å². The second-order valence-electron chi connectivity index (χ2n) is 6.92. The summed E-state index contributed by atoms with van der Waals surface area (Å²) in [7, 11) is 0. The fraction of sp³-hybridized carbons (Fsp3) is 0.526. The van der Waals surface area contributed by atoms with Crippen LogP contribution in [-0.2, 0) is 11.3 Å². The van der Waals surface area contributed by atoms with Crippen LogP contribution in [0.15, 0.2) is 16.9 Å². The Morgan fingerprint density at radius 2 is 1.83 bits per heavy atom. The summed E-state index contributed by atoms with van der Waals surface area (Å²) in [4.78, 5) is 29.4. The molecular weight excluding hydrogens is 302 g/mol. The van der Waals surface area contributed by atoms with Crippen LogP contribution in [0.1, 0.15) is 48.9 Å². The number of nitrogens with one attached hydrogen (secondary N) is 1. The van der Waals surface area contributed by atoms with E-state index in [0.717, 1.165) is 35.0 Å². The molecule has 0 unspecified atom stereocenters. The van der Waals surface area contributed by atoms with Crippen LogP contribution in [-0.4, -0.2) is 21.5 Å². The summed E-state index contributed by atoms with van der Waals surface area (Å²) in [5.41, 5.74) is 3.95. The van der Waals surface area contributed by atoms with Gasteiger partial charge in [-0.15, -0.1) is 0 Å². The van der Waals surface area contributed by atoms with E-state index in [9.17, 15) is 9.59 Å². The standard InChI is InChI=1S/C19H25N3O2/c1-12-9-16-17(10-13(12)2)22(19(24)14(3)20-16)11-18(23)21-15-7-5-4-6-8-15/h9-10,15H,4-8,11H2,1-3H3,(H,21,23). The highest BCUT2D eigenvalue weighted by atomic mass is 16.2. The summed E-state index contributed by atoms with van der Waals surface area (Å²) in [6, 6.07) is 4.18. The zero-order valence-electron chi connectivity index (χ0n) is 14.7. The molecule has 1 N–H and O–H groups in total. The normalized spacial score (nSPS) is 15.6. The van der Waals surface area contributed by atoms with Crippen LogP contribution in [0.3, 0.4) is 0 Å². The van der Waals surface area contributed by atoms with Gasteiger partial charge in [0.1, 0.15) is 12.2 Å². The number of nitrogens with zero attached hydrogens (tertiary/aromatic N) is 2. The highest BCUT2D eigenvalue weighted by molar-refractivity contribution is 5.81. The zero-order valence-corrected chi connectivity index (χ0v) is 14.7. The van der Waals surface area contributed by atoms with Gasteiger partial charge in [0.2, 0.25) is 5.91 Å². The summed E-state index contributed by atoms with van der Waals surface area (Å²) < 4.78 is 1.56. The topological polar surface area (TPSA) is 64.0 Å². The third-order valence-electron chi connectivity index (χ3n) is 5.00. The van der Waals surface area contributed by atoms with Gasteiger partial charge < -0.3 is 5.32 Å². The van der Waals surface area contributed by atoms with E-state index in [0.29, 0.717) is 5.69 Å². The van der Waals surface area contributed by atoms with Crippen molar-refractivity contribution < 1.29 is 4.79 Å². The maximum Gasteiger partial charge on any atom is 0.272 e. The van der Waals surface area contributed by atoms with Gasteiger partial charge in [-0.05, 0) is 56.9 Å². The van der Waals surface area contributed by atoms with Crippen molar-refractivity contribution >= 4 is 16.9 Å². The maximum absolute atomic E-state index is 12.5. The zero-order chi connectivity index (χ0) is 17.3. The first-order valence-corrected chi connectivity index (χ1v) is 8.73. The minimum atomic E-state index is -0.190. The van der Waals surface area contributed by atoms with Gasteiger partial charge >= 0.3 is 0 Å². The molecule has 5 nitrogen and oxygen atoms in total. The Labute approximate surface area is 142 Å². The van der Waals surface area contributed by atoms with Gasteiger partial charge in [-0.1, -0.05) is 19.3 Å². The van der Waals surface area contributed by atoms with Crippen molar-refractivity contribution in [3.05, 3.63) is 39.3 Å².